The molecule has 1 aliphatic rings. The lowest BCUT2D eigenvalue weighted by Crippen LogP contribution is -2.47. The van der Waals surface area contributed by atoms with Gasteiger partial charge in [0.15, 0.2) is 0 Å². The van der Waals surface area contributed by atoms with E-state index in [4.69, 9.17) is 0 Å². The number of rotatable bonds is 2. The fourth-order valence-electron chi connectivity index (χ4n) is 3.49. The molecule has 0 aliphatic carbocycles. The van der Waals surface area contributed by atoms with E-state index in [1.807, 2.05) is 41.8 Å². The summed E-state index contributed by atoms with van der Waals surface area (Å²) in [6, 6.07) is 12.5. The molecule has 0 spiro atoms. The summed E-state index contributed by atoms with van der Waals surface area (Å²) in [6.07, 6.45) is 4.15. The van der Waals surface area contributed by atoms with E-state index in [2.05, 4.69) is 31.2 Å². The largest absolute Gasteiger partial charge is 0.354 e. The van der Waals surface area contributed by atoms with Gasteiger partial charge in [-0.1, -0.05) is 37.3 Å². The van der Waals surface area contributed by atoms with Crippen LogP contribution in [0.1, 0.15) is 41.4 Å². The van der Waals surface area contributed by atoms with Crippen molar-refractivity contribution in [3.8, 4) is 0 Å². The summed E-state index contributed by atoms with van der Waals surface area (Å²) in [5.41, 5.74) is 3.26. The predicted octanol–water partition coefficient (Wildman–Crippen LogP) is 3.53. The van der Waals surface area contributed by atoms with Crippen LogP contribution in [-0.4, -0.2) is 28.5 Å². The number of carbonyl (C=O) groups is 1. The third kappa shape index (κ3) is 2.56. The first-order valence-corrected chi connectivity index (χ1v) is 7.98. The third-order valence-corrected chi connectivity index (χ3v) is 5.07. The van der Waals surface area contributed by atoms with Crippen LogP contribution in [0.25, 0.3) is 0 Å². The van der Waals surface area contributed by atoms with Crippen LogP contribution in [-0.2, 0) is 12.5 Å². The van der Waals surface area contributed by atoms with Crippen molar-refractivity contribution >= 4 is 5.91 Å². The molecule has 1 atom stereocenters. The number of hydrogen-bond acceptors (Lipinski definition) is 1. The van der Waals surface area contributed by atoms with Crippen molar-refractivity contribution in [3.05, 3.63) is 59.4 Å². The molecular weight excluding hydrogens is 272 g/mol. The maximum absolute atomic E-state index is 12.9. The number of piperidine rings is 1. The van der Waals surface area contributed by atoms with E-state index < -0.39 is 0 Å². The summed E-state index contributed by atoms with van der Waals surface area (Å²) >= 11 is 0. The van der Waals surface area contributed by atoms with Crippen molar-refractivity contribution in [2.45, 2.75) is 32.1 Å². The molecule has 1 fully saturated rings. The normalized spacial score (nSPS) is 21.9. The van der Waals surface area contributed by atoms with Gasteiger partial charge in [-0.05, 0) is 31.4 Å². The second kappa shape index (κ2) is 5.64. The van der Waals surface area contributed by atoms with E-state index in [9.17, 15) is 4.79 Å². The Morgan fingerprint density at radius 2 is 1.91 bits per heavy atom. The molecule has 2 heterocycles. The van der Waals surface area contributed by atoms with E-state index in [0.29, 0.717) is 0 Å². The molecule has 22 heavy (non-hydrogen) atoms. The van der Waals surface area contributed by atoms with Gasteiger partial charge in [0, 0.05) is 37.4 Å². The number of carbonyl (C=O) groups excluding carboxylic acids is 1. The molecular formula is C19H24N2O. The number of aromatic nitrogens is 1. The molecule has 1 unspecified atom stereocenters. The van der Waals surface area contributed by atoms with Crippen molar-refractivity contribution < 1.29 is 4.79 Å². The number of likely N-dealkylation sites (tertiary alicyclic amines) is 1. The van der Waals surface area contributed by atoms with Crippen LogP contribution in [0, 0.1) is 6.92 Å². The van der Waals surface area contributed by atoms with Crippen molar-refractivity contribution in [2.75, 3.05) is 13.1 Å². The predicted molar refractivity (Wildman–Crippen MR) is 89.1 cm³/mol. The molecule has 1 aromatic carbocycles. The molecule has 0 bridgehead atoms. The van der Waals surface area contributed by atoms with Crippen molar-refractivity contribution in [2.24, 2.45) is 7.05 Å². The van der Waals surface area contributed by atoms with Crippen molar-refractivity contribution in [1.29, 1.82) is 0 Å². The number of nitrogens with zero attached hydrogens (tertiary/aromatic N) is 2. The lowest BCUT2D eigenvalue weighted by molar-refractivity contribution is 0.0650. The standard InChI is InChI=1S/C19H24N2O/c1-15-17(10-13-20(15)3)18(22)21-12-7-11-19(2,14-21)16-8-5-4-6-9-16/h4-6,8-10,13H,7,11-12,14H2,1-3H3. The Hall–Kier alpha value is -2.03. The topological polar surface area (TPSA) is 25.2 Å². The number of aryl methyl sites for hydroxylation is 1. The van der Waals surface area contributed by atoms with Gasteiger partial charge in [-0.25, -0.2) is 0 Å². The zero-order valence-electron chi connectivity index (χ0n) is 13.7. The zero-order valence-corrected chi connectivity index (χ0v) is 13.7. The van der Waals surface area contributed by atoms with Gasteiger partial charge in [0.25, 0.3) is 5.91 Å². The average molecular weight is 296 g/mol. The van der Waals surface area contributed by atoms with E-state index in [-0.39, 0.29) is 11.3 Å². The Labute approximate surface area is 132 Å². The monoisotopic (exact) mass is 296 g/mol. The molecule has 1 aliphatic heterocycles. The zero-order chi connectivity index (χ0) is 15.7. The van der Waals surface area contributed by atoms with Gasteiger partial charge in [-0.2, -0.15) is 0 Å². The van der Waals surface area contributed by atoms with Crippen molar-refractivity contribution in [3.63, 3.8) is 0 Å². The molecule has 2 aromatic rings. The Morgan fingerprint density at radius 3 is 2.55 bits per heavy atom. The van der Waals surface area contributed by atoms with Gasteiger partial charge in [-0.15, -0.1) is 0 Å². The summed E-state index contributed by atoms with van der Waals surface area (Å²) in [6.45, 7) is 5.94. The summed E-state index contributed by atoms with van der Waals surface area (Å²) in [7, 11) is 1.98. The maximum Gasteiger partial charge on any atom is 0.255 e. The van der Waals surface area contributed by atoms with Gasteiger partial charge in [-0.3, -0.25) is 4.79 Å². The summed E-state index contributed by atoms with van der Waals surface area (Å²) in [4.78, 5) is 14.9. The Bertz CT molecular complexity index is 674. The maximum atomic E-state index is 12.9. The smallest absolute Gasteiger partial charge is 0.255 e. The quantitative estimate of drug-likeness (QED) is 0.832. The van der Waals surface area contributed by atoms with Crippen LogP contribution < -0.4 is 0 Å². The van der Waals surface area contributed by atoms with Gasteiger partial charge in [0.05, 0.1) is 5.56 Å². The molecule has 1 saturated heterocycles. The van der Waals surface area contributed by atoms with E-state index >= 15 is 0 Å². The minimum absolute atomic E-state index is 0.0534. The van der Waals surface area contributed by atoms with Crippen LogP contribution in [0.4, 0.5) is 0 Å². The molecule has 1 amide bonds. The molecule has 3 rings (SSSR count). The lowest BCUT2D eigenvalue weighted by Gasteiger charge is -2.41. The Morgan fingerprint density at radius 1 is 1.18 bits per heavy atom. The number of hydrogen-bond donors (Lipinski definition) is 0. The number of benzene rings is 1. The molecule has 1 aromatic heterocycles. The number of amides is 1. The van der Waals surface area contributed by atoms with Crippen LogP contribution in [0.5, 0.6) is 0 Å². The Kier molecular flexibility index (Phi) is 3.81. The SMILES string of the molecule is Cc1c(C(=O)N2CCCC(C)(c3ccccc3)C2)ccn1C. The molecule has 3 heteroatoms. The fourth-order valence-corrected chi connectivity index (χ4v) is 3.49. The first kappa shape index (κ1) is 14.9. The van der Waals surface area contributed by atoms with Gasteiger partial charge < -0.3 is 9.47 Å². The van der Waals surface area contributed by atoms with Crippen LogP contribution in [0.2, 0.25) is 0 Å². The second-order valence-electron chi connectivity index (χ2n) is 6.68. The molecule has 116 valence electrons. The van der Waals surface area contributed by atoms with Crippen molar-refractivity contribution in [1.82, 2.24) is 9.47 Å². The lowest BCUT2D eigenvalue weighted by atomic mass is 9.76. The van der Waals surface area contributed by atoms with E-state index in [1.54, 1.807) is 0 Å². The fraction of sp³-hybridized carbons (Fsp3) is 0.421. The first-order chi connectivity index (χ1) is 10.5. The van der Waals surface area contributed by atoms with Gasteiger partial charge in [0.1, 0.15) is 0 Å². The van der Waals surface area contributed by atoms with Gasteiger partial charge in [0.2, 0.25) is 0 Å². The highest BCUT2D eigenvalue weighted by atomic mass is 16.2. The molecule has 0 radical (unpaired) electrons. The second-order valence-corrected chi connectivity index (χ2v) is 6.68. The highest BCUT2D eigenvalue weighted by Gasteiger charge is 2.35. The third-order valence-electron chi connectivity index (χ3n) is 5.07. The Balaban J connectivity index is 1.84. The summed E-state index contributed by atoms with van der Waals surface area (Å²) in [5.74, 6) is 0.167. The summed E-state index contributed by atoms with van der Waals surface area (Å²) < 4.78 is 2.01. The molecule has 0 N–H and O–H groups in total. The van der Waals surface area contributed by atoms with Crippen LogP contribution in [0.3, 0.4) is 0 Å². The molecule has 0 saturated carbocycles. The van der Waals surface area contributed by atoms with Gasteiger partial charge >= 0.3 is 0 Å². The molecule has 3 nitrogen and oxygen atoms in total. The van der Waals surface area contributed by atoms with E-state index in [0.717, 1.165) is 37.2 Å². The minimum Gasteiger partial charge on any atom is -0.354 e. The van der Waals surface area contributed by atoms with Crippen LogP contribution >= 0.6 is 0 Å². The summed E-state index contributed by atoms with van der Waals surface area (Å²) in [5, 5.41) is 0. The first-order valence-electron chi connectivity index (χ1n) is 7.98. The minimum atomic E-state index is 0.0534. The highest BCUT2D eigenvalue weighted by molar-refractivity contribution is 5.95. The van der Waals surface area contributed by atoms with Crippen LogP contribution in [0.15, 0.2) is 42.6 Å². The highest BCUT2D eigenvalue weighted by Crippen LogP contribution is 2.34. The van der Waals surface area contributed by atoms with E-state index in [1.165, 1.54) is 5.56 Å². The average Bonchev–Trinajstić information content (AvgIpc) is 2.87.